The fraction of sp³-hybridized carbons (Fsp3) is 0.500. The van der Waals surface area contributed by atoms with Gasteiger partial charge in [0.05, 0.1) is 32.8 Å². The summed E-state index contributed by atoms with van der Waals surface area (Å²) in [5.74, 6) is -4.16. The predicted molar refractivity (Wildman–Crippen MR) is 146 cm³/mol. The quantitative estimate of drug-likeness (QED) is 0.362. The Morgan fingerprint density at radius 3 is 2.42 bits per heavy atom. The van der Waals surface area contributed by atoms with Crippen molar-refractivity contribution >= 4 is 38.9 Å². The van der Waals surface area contributed by atoms with Crippen LogP contribution in [0.5, 0.6) is 0 Å². The Balaban J connectivity index is 1.53. The molecule has 2 amide bonds. The third-order valence-corrected chi connectivity index (χ3v) is 10.7. The first kappa shape index (κ1) is 30.4. The smallest absolute Gasteiger partial charge is 0.255 e. The molecule has 2 saturated carbocycles. The molecule has 4 rings (SSSR count). The minimum Gasteiger partial charge on any atom is -0.390 e. The van der Waals surface area contributed by atoms with Crippen molar-refractivity contribution in [3.63, 3.8) is 0 Å². The van der Waals surface area contributed by atoms with E-state index in [0.717, 1.165) is 18.2 Å². The molecular weight excluding hydrogens is 566 g/mol. The molecule has 4 N–H and O–H groups in total. The largest absolute Gasteiger partial charge is 0.390 e. The van der Waals surface area contributed by atoms with E-state index in [1.807, 2.05) is 6.92 Å². The van der Waals surface area contributed by atoms with Crippen molar-refractivity contribution in [3.8, 4) is 0 Å². The summed E-state index contributed by atoms with van der Waals surface area (Å²) in [5.41, 5.74) is -2.54. The molecule has 2 aromatic carbocycles. The monoisotopic (exact) mass is 598 g/mol. The Bertz CT molecular complexity index is 1430. The van der Waals surface area contributed by atoms with Gasteiger partial charge in [-0.25, -0.2) is 17.2 Å². The summed E-state index contributed by atoms with van der Waals surface area (Å²) in [6, 6.07) is 6.64. The number of fused-ring (bicyclic) bond motifs is 2. The van der Waals surface area contributed by atoms with E-state index < -0.39 is 61.6 Å². The molecule has 2 aromatic rings. The summed E-state index contributed by atoms with van der Waals surface area (Å²) >= 11 is 6.29. The second kappa shape index (κ2) is 11.0. The molecule has 0 aliphatic heterocycles. The molecule has 2 fully saturated rings. The molecule has 0 heterocycles. The summed E-state index contributed by atoms with van der Waals surface area (Å²) in [5, 5.41) is 25.7. The van der Waals surface area contributed by atoms with E-state index in [4.69, 9.17) is 11.6 Å². The minimum atomic E-state index is -4.04. The molecule has 40 heavy (non-hydrogen) atoms. The van der Waals surface area contributed by atoms with Crippen molar-refractivity contribution in [2.24, 2.45) is 17.8 Å². The molecular formula is C28H33ClF2N2O6S. The highest BCUT2D eigenvalue weighted by molar-refractivity contribution is 7.92. The number of carbonyl (C=O) groups excluding carboxylic acids is 2. The van der Waals surface area contributed by atoms with E-state index in [2.05, 4.69) is 10.6 Å². The van der Waals surface area contributed by atoms with Crippen molar-refractivity contribution in [1.29, 1.82) is 0 Å². The molecule has 0 saturated heterocycles. The van der Waals surface area contributed by atoms with Gasteiger partial charge in [-0.15, -0.1) is 0 Å². The summed E-state index contributed by atoms with van der Waals surface area (Å²) < 4.78 is 54.4. The summed E-state index contributed by atoms with van der Waals surface area (Å²) in [7, 11) is -4.04. The number of benzene rings is 2. The van der Waals surface area contributed by atoms with Gasteiger partial charge in [-0.05, 0) is 81.2 Å². The first-order valence-electron chi connectivity index (χ1n) is 13.0. The van der Waals surface area contributed by atoms with Crippen LogP contribution < -0.4 is 10.6 Å². The van der Waals surface area contributed by atoms with Gasteiger partial charge in [-0.1, -0.05) is 18.5 Å². The van der Waals surface area contributed by atoms with Gasteiger partial charge in [0.25, 0.3) is 5.91 Å². The van der Waals surface area contributed by atoms with Crippen LogP contribution in [0.3, 0.4) is 0 Å². The molecule has 8 nitrogen and oxygen atoms in total. The van der Waals surface area contributed by atoms with E-state index in [-0.39, 0.29) is 52.9 Å². The molecule has 2 bridgehead atoms. The van der Waals surface area contributed by atoms with Crippen molar-refractivity contribution in [1.82, 2.24) is 5.32 Å². The van der Waals surface area contributed by atoms with Crippen LogP contribution in [0.2, 0.25) is 5.02 Å². The zero-order valence-electron chi connectivity index (χ0n) is 22.4. The van der Waals surface area contributed by atoms with Crippen molar-refractivity contribution < 1.29 is 37.0 Å². The lowest BCUT2D eigenvalue weighted by Gasteiger charge is -2.43. The molecule has 0 spiro atoms. The van der Waals surface area contributed by atoms with Crippen LogP contribution in [-0.2, 0) is 14.6 Å². The van der Waals surface area contributed by atoms with Crippen molar-refractivity contribution in [2.45, 2.75) is 67.8 Å². The van der Waals surface area contributed by atoms with Crippen LogP contribution in [0.15, 0.2) is 41.3 Å². The second-order valence-corrected chi connectivity index (χ2v) is 14.2. The maximum absolute atomic E-state index is 13.8. The van der Waals surface area contributed by atoms with Crippen LogP contribution >= 0.6 is 11.6 Å². The van der Waals surface area contributed by atoms with Gasteiger partial charge in [0.2, 0.25) is 5.91 Å². The fourth-order valence-electron chi connectivity index (χ4n) is 6.09. The Morgan fingerprint density at radius 2 is 1.80 bits per heavy atom. The number of rotatable bonds is 8. The normalized spacial score (nSPS) is 26.4. The van der Waals surface area contributed by atoms with Gasteiger partial charge in [-0.3, -0.25) is 9.59 Å². The number of nitrogens with one attached hydrogen (secondary N) is 2. The highest BCUT2D eigenvalue weighted by Crippen LogP contribution is 2.54. The first-order valence-corrected chi connectivity index (χ1v) is 14.9. The third-order valence-electron chi connectivity index (χ3n) is 8.03. The van der Waals surface area contributed by atoms with Crippen LogP contribution in [0.25, 0.3) is 0 Å². The van der Waals surface area contributed by atoms with E-state index >= 15 is 0 Å². The van der Waals surface area contributed by atoms with Crippen molar-refractivity contribution in [3.05, 3.63) is 58.6 Å². The number of anilines is 1. The molecule has 3 unspecified atom stereocenters. The maximum atomic E-state index is 13.8. The Morgan fingerprint density at radius 1 is 1.10 bits per heavy atom. The number of amides is 2. The Labute approximate surface area is 237 Å². The zero-order valence-corrected chi connectivity index (χ0v) is 24.0. The van der Waals surface area contributed by atoms with Gasteiger partial charge in [0, 0.05) is 23.9 Å². The van der Waals surface area contributed by atoms with Crippen LogP contribution in [0.4, 0.5) is 14.5 Å². The molecule has 0 radical (unpaired) electrons. The molecule has 218 valence electrons. The van der Waals surface area contributed by atoms with Gasteiger partial charge in [0.1, 0.15) is 0 Å². The topological polar surface area (TPSA) is 133 Å². The standard InChI is InChI=1S/C28H33ClF2N2O6S/c1-15-8-17-10-19(12-20(15)28(17,37)14-32-25(34)13-27(2,3)36)40(38,39)24-9-16(4-6-21(24)29)26(35)33-18-5-7-22(30)23(31)11-18/h4-7,9,11,15,17,19-20,36-37H,8,10,12-14H2,1-3H3,(H,32,34)(H,33,35)/t15-,17?,19?,20?,28+/m0/s1. The third kappa shape index (κ3) is 6.17. The lowest BCUT2D eigenvalue weighted by atomic mass is 9.73. The van der Waals surface area contributed by atoms with Crippen molar-refractivity contribution in [2.75, 3.05) is 11.9 Å². The molecule has 5 atom stereocenters. The maximum Gasteiger partial charge on any atom is 0.255 e. The number of hydrogen-bond donors (Lipinski definition) is 4. The summed E-state index contributed by atoms with van der Waals surface area (Å²) in [6.45, 7) is 4.92. The minimum absolute atomic E-state index is 0.00460. The van der Waals surface area contributed by atoms with Gasteiger partial charge in [0.15, 0.2) is 21.5 Å². The predicted octanol–water partition coefficient (Wildman–Crippen LogP) is 4.09. The average Bonchev–Trinajstić information content (AvgIpc) is 2.97. The van der Waals surface area contributed by atoms with Gasteiger partial charge < -0.3 is 20.8 Å². The van der Waals surface area contributed by atoms with Crippen LogP contribution in [0.1, 0.15) is 56.8 Å². The highest BCUT2D eigenvalue weighted by Gasteiger charge is 2.58. The Hall–Kier alpha value is -2.60. The lowest BCUT2D eigenvalue weighted by molar-refractivity contribution is -0.128. The average molecular weight is 599 g/mol. The number of hydrogen-bond acceptors (Lipinski definition) is 6. The molecule has 2 aliphatic carbocycles. The number of carbonyl (C=O) groups is 2. The zero-order chi connectivity index (χ0) is 29.6. The number of aliphatic hydroxyl groups is 2. The molecule has 2 aliphatic rings. The first-order chi connectivity index (χ1) is 18.5. The second-order valence-electron chi connectivity index (χ2n) is 11.6. The Kier molecular flexibility index (Phi) is 8.35. The molecule has 12 heteroatoms. The summed E-state index contributed by atoms with van der Waals surface area (Å²) in [4.78, 5) is 24.8. The fourth-order valence-corrected chi connectivity index (χ4v) is 8.47. The van der Waals surface area contributed by atoms with Crippen LogP contribution in [0, 0.1) is 29.4 Å². The van der Waals surface area contributed by atoms with Crippen LogP contribution in [-0.4, -0.2) is 53.4 Å². The van der Waals surface area contributed by atoms with E-state index in [1.54, 1.807) is 0 Å². The molecule has 0 aromatic heterocycles. The number of sulfone groups is 1. The van der Waals surface area contributed by atoms with E-state index in [0.29, 0.717) is 6.42 Å². The van der Waals surface area contributed by atoms with Gasteiger partial charge >= 0.3 is 0 Å². The van der Waals surface area contributed by atoms with Gasteiger partial charge in [-0.2, -0.15) is 0 Å². The van der Waals surface area contributed by atoms with E-state index in [9.17, 15) is 37.0 Å². The lowest BCUT2D eigenvalue weighted by Crippen LogP contribution is -2.55. The SMILES string of the molecule is C[C@H]1CC2CC(S(=O)(=O)c3cc(C(=O)Nc4ccc(F)c(F)c4)ccc3Cl)CC1[C@@]2(O)CNC(=O)CC(C)(C)O. The van der Waals surface area contributed by atoms with E-state index in [1.165, 1.54) is 32.0 Å². The highest BCUT2D eigenvalue weighted by atomic mass is 35.5. The number of halogens is 3. The summed E-state index contributed by atoms with van der Waals surface area (Å²) in [6.07, 6.45) is 0.727.